The highest BCUT2D eigenvalue weighted by molar-refractivity contribution is 7.74. The van der Waals surface area contributed by atoms with Crippen molar-refractivity contribution in [3.8, 4) is 22.8 Å². The van der Waals surface area contributed by atoms with Crippen LogP contribution in [-0.2, 0) is 17.6 Å². The maximum absolute atomic E-state index is 12.4. The molecule has 0 spiro atoms. The van der Waals surface area contributed by atoms with Gasteiger partial charge in [0.15, 0.2) is 0 Å². The molecule has 2 aromatic carbocycles. The monoisotopic (exact) mass is 466 g/mol. The molecule has 1 atom stereocenters. The average molecular weight is 467 g/mol. The SMILES string of the molecule is COc1cccc(CC(=O)NCCc2cc3c(c(-c4ccc(C)cc4)n2)OCC3C)c1.OS. The first-order valence-corrected chi connectivity index (χ1v) is 11.3. The van der Waals surface area contributed by atoms with Gasteiger partial charge in [-0.15, -0.1) is 0 Å². The molecule has 3 aromatic rings. The average Bonchev–Trinajstić information content (AvgIpc) is 3.21. The van der Waals surface area contributed by atoms with Gasteiger partial charge >= 0.3 is 0 Å². The van der Waals surface area contributed by atoms with Gasteiger partial charge < -0.3 is 19.3 Å². The number of pyridine rings is 1. The molecule has 0 saturated carbocycles. The van der Waals surface area contributed by atoms with Gasteiger partial charge in [-0.1, -0.05) is 48.9 Å². The number of benzene rings is 2. The number of ether oxygens (including phenoxy) is 2. The van der Waals surface area contributed by atoms with E-state index in [1.165, 1.54) is 11.1 Å². The number of thiol groups is 1. The molecule has 1 aliphatic rings. The fraction of sp³-hybridized carbons (Fsp3) is 0.308. The maximum Gasteiger partial charge on any atom is 0.224 e. The van der Waals surface area contributed by atoms with Crippen molar-refractivity contribution in [1.82, 2.24) is 10.3 Å². The summed E-state index contributed by atoms with van der Waals surface area (Å²) in [6, 6.07) is 18.1. The molecule has 1 aromatic heterocycles. The standard InChI is InChI=1S/C26H28N2O3.H2OS/c1-17-7-9-20(10-8-17)25-26-23(18(2)16-31-26)15-21(28-25)11-12-27-24(29)14-19-5-4-6-22(13-19)30-3;1-2/h4-10,13,15,18H,11-12,14,16H2,1-3H3,(H,27,29);1-2H. The summed E-state index contributed by atoms with van der Waals surface area (Å²) in [5.41, 5.74) is 6.25. The largest absolute Gasteiger partial charge is 0.497 e. The van der Waals surface area contributed by atoms with Gasteiger partial charge in [-0.05, 0) is 43.6 Å². The number of fused-ring (bicyclic) bond motifs is 1. The lowest BCUT2D eigenvalue weighted by Gasteiger charge is -2.12. The number of carbonyl (C=O) groups is 1. The fourth-order valence-electron chi connectivity index (χ4n) is 3.82. The number of hydrogen-bond donors (Lipinski definition) is 3. The third kappa shape index (κ3) is 6.27. The van der Waals surface area contributed by atoms with Crippen molar-refractivity contribution in [1.29, 1.82) is 0 Å². The number of methoxy groups -OCH3 is 1. The van der Waals surface area contributed by atoms with Crippen LogP contribution in [0.15, 0.2) is 54.6 Å². The Hall–Kier alpha value is -3.03. The van der Waals surface area contributed by atoms with Gasteiger partial charge in [0.1, 0.15) is 17.2 Å². The van der Waals surface area contributed by atoms with Crippen LogP contribution in [0.2, 0.25) is 0 Å². The molecular weight excluding hydrogens is 436 g/mol. The van der Waals surface area contributed by atoms with Crippen LogP contribution < -0.4 is 14.8 Å². The summed E-state index contributed by atoms with van der Waals surface area (Å²) in [5, 5.41) is 3.01. The summed E-state index contributed by atoms with van der Waals surface area (Å²) in [7, 11) is 1.62. The van der Waals surface area contributed by atoms with Crippen LogP contribution in [0.4, 0.5) is 0 Å². The van der Waals surface area contributed by atoms with Crippen molar-refractivity contribution < 1.29 is 18.8 Å². The number of aromatic nitrogens is 1. The molecule has 2 heterocycles. The van der Waals surface area contributed by atoms with Gasteiger partial charge in [0, 0.05) is 35.7 Å². The highest BCUT2D eigenvalue weighted by atomic mass is 32.1. The summed E-state index contributed by atoms with van der Waals surface area (Å²) < 4.78 is 17.9. The van der Waals surface area contributed by atoms with Crippen molar-refractivity contribution >= 4 is 18.8 Å². The second-order valence-electron chi connectivity index (χ2n) is 8.09. The first-order valence-electron chi connectivity index (χ1n) is 10.9. The Morgan fingerprint density at radius 1 is 1.21 bits per heavy atom. The zero-order valence-corrected chi connectivity index (χ0v) is 20.1. The summed E-state index contributed by atoms with van der Waals surface area (Å²) in [6.07, 6.45) is 0.997. The molecule has 1 aliphatic heterocycles. The first-order chi connectivity index (χ1) is 16.0. The second-order valence-corrected chi connectivity index (χ2v) is 8.09. The molecule has 0 saturated heterocycles. The van der Waals surface area contributed by atoms with E-state index in [-0.39, 0.29) is 5.91 Å². The van der Waals surface area contributed by atoms with E-state index < -0.39 is 0 Å². The van der Waals surface area contributed by atoms with Gasteiger partial charge in [-0.3, -0.25) is 4.79 Å². The topological polar surface area (TPSA) is 80.7 Å². The molecular formula is C26H30N2O4S. The lowest BCUT2D eigenvalue weighted by Crippen LogP contribution is -2.27. The van der Waals surface area contributed by atoms with Crippen molar-refractivity contribution in [3.63, 3.8) is 0 Å². The minimum absolute atomic E-state index is 0.00938. The third-order valence-electron chi connectivity index (χ3n) is 5.59. The van der Waals surface area contributed by atoms with Crippen LogP contribution >= 0.6 is 12.9 Å². The predicted octanol–water partition coefficient (Wildman–Crippen LogP) is 4.85. The van der Waals surface area contributed by atoms with E-state index in [1.54, 1.807) is 7.11 Å². The van der Waals surface area contributed by atoms with E-state index in [0.29, 0.717) is 31.9 Å². The quantitative estimate of drug-likeness (QED) is 0.343. The Balaban J connectivity index is 0.00000149. The van der Waals surface area contributed by atoms with Crippen molar-refractivity contribution in [2.24, 2.45) is 0 Å². The van der Waals surface area contributed by atoms with Crippen LogP contribution in [0.1, 0.15) is 35.2 Å². The lowest BCUT2D eigenvalue weighted by molar-refractivity contribution is -0.120. The van der Waals surface area contributed by atoms with E-state index in [0.717, 1.165) is 34.0 Å². The minimum Gasteiger partial charge on any atom is -0.497 e. The van der Waals surface area contributed by atoms with Gasteiger partial charge in [0.2, 0.25) is 5.91 Å². The summed E-state index contributed by atoms with van der Waals surface area (Å²) >= 11 is 2.53. The Morgan fingerprint density at radius 3 is 2.70 bits per heavy atom. The Labute approximate surface area is 200 Å². The molecule has 7 heteroatoms. The van der Waals surface area contributed by atoms with E-state index in [9.17, 15) is 4.79 Å². The minimum atomic E-state index is -0.00938. The Kier molecular flexibility index (Phi) is 8.74. The van der Waals surface area contributed by atoms with Crippen LogP contribution in [0.25, 0.3) is 11.3 Å². The molecule has 2 N–H and O–H groups in total. The van der Waals surface area contributed by atoms with Gasteiger partial charge in [0.05, 0.1) is 20.1 Å². The molecule has 4 rings (SSSR count). The van der Waals surface area contributed by atoms with Crippen molar-refractivity contribution in [3.05, 3.63) is 77.0 Å². The zero-order chi connectivity index (χ0) is 23.8. The van der Waals surface area contributed by atoms with Crippen LogP contribution in [-0.4, -0.2) is 35.7 Å². The molecule has 0 radical (unpaired) electrons. The van der Waals surface area contributed by atoms with E-state index in [4.69, 9.17) is 19.0 Å². The number of aryl methyl sites for hydroxylation is 1. The van der Waals surface area contributed by atoms with Crippen molar-refractivity contribution in [2.45, 2.75) is 32.6 Å². The van der Waals surface area contributed by atoms with Crippen LogP contribution in [0.5, 0.6) is 11.5 Å². The normalized spacial score (nSPS) is 13.9. The Morgan fingerprint density at radius 2 is 1.97 bits per heavy atom. The van der Waals surface area contributed by atoms with E-state index in [2.05, 4.69) is 62.4 Å². The van der Waals surface area contributed by atoms with Gasteiger partial charge in [-0.25, -0.2) is 4.98 Å². The first kappa shape index (κ1) is 24.6. The van der Waals surface area contributed by atoms with Crippen LogP contribution in [0, 0.1) is 6.92 Å². The summed E-state index contributed by atoms with van der Waals surface area (Å²) in [6.45, 7) is 5.46. The van der Waals surface area contributed by atoms with Gasteiger partial charge in [0.25, 0.3) is 0 Å². The number of amides is 1. The summed E-state index contributed by atoms with van der Waals surface area (Å²) in [5.74, 6) is 1.98. The molecule has 6 nitrogen and oxygen atoms in total. The second kappa shape index (κ2) is 11.7. The molecule has 33 heavy (non-hydrogen) atoms. The lowest BCUT2D eigenvalue weighted by atomic mass is 9.99. The zero-order valence-electron chi connectivity index (χ0n) is 19.2. The van der Waals surface area contributed by atoms with Gasteiger partial charge in [-0.2, -0.15) is 0 Å². The molecule has 0 aliphatic carbocycles. The fourth-order valence-corrected chi connectivity index (χ4v) is 3.82. The molecule has 1 amide bonds. The van der Waals surface area contributed by atoms with E-state index in [1.807, 2.05) is 24.3 Å². The number of carbonyl (C=O) groups excluding carboxylic acids is 1. The Bertz CT molecular complexity index is 1090. The molecule has 0 bridgehead atoms. The van der Waals surface area contributed by atoms with E-state index >= 15 is 0 Å². The number of rotatable bonds is 7. The summed E-state index contributed by atoms with van der Waals surface area (Å²) in [4.78, 5) is 17.3. The third-order valence-corrected chi connectivity index (χ3v) is 5.59. The van der Waals surface area contributed by atoms with Crippen molar-refractivity contribution in [2.75, 3.05) is 20.3 Å². The number of nitrogens with zero attached hydrogens (tertiary/aromatic N) is 1. The molecule has 0 fully saturated rings. The molecule has 1 unspecified atom stereocenters. The smallest absolute Gasteiger partial charge is 0.224 e. The number of hydrogen-bond acceptors (Lipinski definition) is 6. The highest BCUT2D eigenvalue weighted by Crippen LogP contribution is 2.41. The molecule has 174 valence electrons. The maximum atomic E-state index is 12.4. The highest BCUT2D eigenvalue weighted by Gasteiger charge is 2.25. The van der Waals surface area contributed by atoms with Crippen LogP contribution in [0.3, 0.4) is 0 Å². The number of nitrogens with one attached hydrogen (secondary N) is 1. The predicted molar refractivity (Wildman–Crippen MR) is 133 cm³/mol.